The van der Waals surface area contributed by atoms with Crippen molar-refractivity contribution in [2.75, 3.05) is 0 Å². The maximum Gasteiger partial charge on any atom is 0.162 e. The third kappa shape index (κ3) is 0.816. The van der Waals surface area contributed by atoms with E-state index in [9.17, 15) is 10.2 Å². The Bertz CT molecular complexity index is 336. The summed E-state index contributed by atoms with van der Waals surface area (Å²) in [5.41, 5.74) is 1.26. The zero-order valence-electron chi connectivity index (χ0n) is 6.33. The number of hydrogen-bond donors (Lipinski definition) is 4. The molecule has 1 aliphatic rings. The van der Waals surface area contributed by atoms with E-state index in [1.807, 2.05) is 0 Å². The van der Waals surface area contributed by atoms with E-state index in [-0.39, 0.29) is 17.2 Å². The quantitative estimate of drug-likeness (QED) is 0.333. The van der Waals surface area contributed by atoms with Gasteiger partial charge in [0, 0.05) is 30.3 Å². The second-order valence-corrected chi connectivity index (χ2v) is 2.82. The molecule has 1 aliphatic heterocycles. The fourth-order valence-electron chi connectivity index (χ4n) is 1.44. The van der Waals surface area contributed by atoms with Gasteiger partial charge in [0.2, 0.25) is 0 Å². The van der Waals surface area contributed by atoms with Crippen molar-refractivity contribution in [2.24, 2.45) is 0 Å². The molecular formula is C8H9NO3. The maximum atomic E-state index is 9.34. The molecule has 0 spiro atoms. The van der Waals surface area contributed by atoms with Crippen LogP contribution >= 0.6 is 0 Å². The van der Waals surface area contributed by atoms with Crippen LogP contribution in [0.1, 0.15) is 11.1 Å². The number of hydrogen-bond acceptors (Lipinski definition) is 4. The molecule has 2 rings (SSSR count). The summed E-state index contributed by atoms with van der Waals surface area (Å²) in [5.74, 6) is -0.368. The third-order valence-corrected chi connectivity index (χ3v) is 2.08. The Balaban J connectivity index is 2.69. The van der Waals surface area contributed by atoms with E-state index in [1.54, 1.807) is 0 Å². The van der Waals surface area contributed by atoms with Crippen LogP contribution in [0.2, 0.25) is 0 Å². The fraction of sp³-hybridized carbons (Fsp3) is 0.250. The summed E-state index contributed by atoms with van der Waals surface area (Å²) >= 11 is 0. The van der Waals surface area contributed by atoms with Gasteiger partial charge in [0.05, 0.1) is 0 Å². The molecule has 0 atom stereocenters. The lowest BCUT2D eigenvalue weighted by atomic mass is 10.1. The standard InChI is InChI=1S/C8H9NO3/c10-6-1-7(11)8(12)5-3-9-2-4(5)6/h1,9-12H,2-3H2. The first kappa shape index (κ1) is 7.24. The van der Waals surface area contributed by atoms with E-state index in [1.165, 1.54) is 0 Å². The van der Waals surface area contributed by atoms with Crippen LogP contribution in [0.5, 0.6) is 17.2 Å². The molecule has 64 valence electrons. The molecule has 0 saturated heterocycles. The van der Waals surface area contributed by atoms with Gasteiger partial charge in [-0.15, -0.1) is 0 Å². The molecule has 0 aliphatic carbocycles. The fourth-order valence-corrected chi connectivity index (χ4v) is 1.44. The molecule has 1 aromatic rings. The van der Waals surface area contributed by atoms with Crippen LogP contribution in [0.25, 0.3) is 0 Å². The molecule has 4 N–H and O–H groups in total. The highest BCUT2D eigenvalue weighted by atomic mass is 16.3. The van der Waals surface area contributed by atoms with Gasteiger partial charge in [0.25, 0.3) is 0 Å². The van der Waals surface area contributed by atoms with Gasteiger partial charge >= 0.3 is 0 Å². The molecule has 0 aromatic heterocycles. The molecule has 0 fully saturated rings. The summed E-state index contributed by atoms with van der Waals surface area (Å²) in [6.07, 6.45) is 0. The molecule has 4 nitrogen and oxygen atoms in total. The minimum absolute atomic E-state index is 0.0327. The van der Waals surface area contributed by atoms with Crippen LogP contribution in [0.15, 0.2) is 6.07 Å². The van der Waals surface area contributed by atoms with Crippen LogP contribution in [0, 0.1) is 0 Å². The normalized spacial score (nSPS) is 14.7. The summed E-state index contributed by atoms with van der Waals surface area (Å²) in [5, 5.41) is 30.8. The van der Waals surface area contributed by atoms with E-state index < -0.39 is 0 Å². The minimum atomic E-state index is -0.269. The SMILES string of the molecule is Oc1cc(O)c2c(c1O)CNC2. The summed E-state index contributed by atoms with van der Waals surface area (Å²) < 4.78 is 0. The number of rotatable bonds is 0. The number of phenolic OH excluding ortho intramolecular Hbond substituents is 3. The van der Waals surface area contributed by atoms with Gasteiger partial charge in [-0.05, 0) is 0 Å². The topological polar surface area (TPSA) is 72.7 Å². The second-order valence-electron chi connectivity index (χ2n) is 2.82. The lowest BCUT2D eigenvalue weighted by Gasteiger charge is -2.05. The first-order chi connectivity index (χ1) is 5.70. The first-order valence-corrected chi connectivity index (χ1v) is 3.66. The highest BCUT2D eigenvalue weighted by Crippen LogP contribution is 2.39. The molecule has 12 heavy (non-hydrogen) atoms. The van der Waals surface area contributed by atoms with Crippen molar-refractivity contribution in [3.05, 3.63) is 17.2 Å². The van der Waals surface area contributed by atoms with Crippen molar-refractivity contribution < 1.29 is 15.3 Å². The van der Waals surface area contributed by atoms with Crippen molar-refractivity contribution in [2.45, 2.75) is 13.1 Å². The average molecular weight is 167 g/mol. The van der Waals surface area contributed by atoms with Gasteiger partial charge in [0.15, 0.2) is 11.5 Å². The Labute approximate surface area is 69.1 Å². The van der Waals surface area contributed by atoms with Crippen LogP contribution in [0.3, 0.4) is 0 Å². The van der Waals surface area contributed by atoms with Gasteiger partial charge < -0.3 is 20.6 Å². The lowest BCUT2D eigenvalue weighted by molar-refractivity contribution is 0.392. The van der Waals surface area contributed by atoms with E-state index in [2.05, 4.69) is 5.32 Å². The Hall–Kier alpha value is -1.42. The molecular weight excluding hydrogens is 158 g/mol. The monoisotopic (exact) mass is 167 g/mol. The Morgan fingerprint density at radius 1 is 1.00 bits per heavy atom. The molecule has 0 saturated carbocycles. The van der Waals surface area contributed by atoms with E-state index >= 15 is 0 Å². The molecule has 0 unspecified atom stereocenters. The van der Waals surface area contributed by atoms with Crippen molar-refractivity contribution in [1.82, 2.24) is 5.32 Å². The zero-order valence-corrected chi connectivity index (χ0v) is 6.33. The molecule has 0 amide bonds. The second kappa shape index (κ2) is 2.28. The number of aromatic hydroxyl groups is 3. The molecule has 4 heteroatoms. The molecule has 1 aromatic carbocycles. The first-order valence-electron chi connectivity index (χ1n) is 3.66. The van der Waals surface area contributed by atoms with E-state index in [0.29, 0.717) is 24.2 Å². The molecule has 1 heterocycles. The van der Waals surface area contributed by atoms with Gasteiger partial charge in [0.1, 0.15) is 5.75 Å². The Morgan fingerprint density at radius 2 is 1.67 bits per heavy atom. The number of nitrogens with one attached hydrogen (secondary N) is 1. The smallest absolute Gasteiger partial charge is 0.162 e. The molecule has 0 radical (unpaired) electrons. The van der Waals surface area contributed by atoms with Crippen LogP contribution in [0.4, 0.5) is 0 Å². The zero-order chi connectivity index (χ0) is 8.72. The largest absolute Gasteiger partial charge is 0.507 e. The van der Waals surface area contributed by atoms with Gasteiger partial charge in [-0.25, -0.2) is 0 Å². The average Bonchev–Trinajstić information content (AvgIpc) is 2.48. The van der Waals surface area contributed by atoms with Crippen molar-refractivity contribution in [3.63, 3.8) is 0 Å². The lowest BCUT2D eigenvalue weighted by Crippen LogP contribution is -2.00. The minimum Gasteiger partial charge on any atom is -0.507 e. The Morgan fingerprint density at radius 3 is 2.42 bits per heavy atom. The summed E-state index contributed by atoms with van der Waals surface area (Å²) in [4.78, 5) is 0. The van der Waals surface area contributed by atoms with Crippen molar-refractivity contribution in [3.8, 4) is 17.2 Å². The predicted molar refractivity (Wildman–Crippen MR) is 42.0 cm³/mol. The van der Waals surface area contributed by atoms with Crippen LogP contribution in [-0.4, -0.2) is 15.3 Å². The van der Waals surface area contributed by atoms with Gasteiger partial charge in [-0.2, -0.15) is 0 Å². The molecule has 0 bridgehead atoms. The van der Waals surface area contributed by atoms with Crippen molar-refractivity contribution >= 4 is 0 Å². The Kier molecular flexibility index (Phi) is 1.38. The van der Waals surface area contributed by atoms with Crippen LogP contribution < -0.4 is 5.32 Å². The number of benzene rings is 1. The van der Waals surface area contributed by atoms with E-state index in [4.69, 9.17) is 5.11 Å². The predicted octanol–water partition coefficient (Wildman–Crippen LogP) is 0.407. The number of phenols is 3. The summed E-state index contributed by atoms with van der Waals surface area (Å²) in [6.45, 7) is 1.03. The van der Waals surface area contributed by atoms with Crippen molar-refractivity contribution in [1.29, 1.82) is 0 Å². The third-order valence-electron chi connectivity index (χ3n) is 2.08. The maximum absolute atomic E-state index is 9.34. The van der Waals surface area contributed by atoms with Crippen LogP contribution in [-0.2, 0) is 13.1 Å². The van der Waals surface area contributed by atoms with E-state index in [0.717, 1.165) is 6.07 Å². The van der Waals surface area contributed by atoms with Gasteiger partial charge in [-0.1, -0.05) is 0 Å². The summed E-state index contributed by atoms with van der Waals surface area (Å²) in [6, 6.07) is 1.15. The van der Waals surface area contributed by atoms with Gasteiger partial charge in [-0.3, -0.25) is 0 Å². The highest BCUT2D eigenvalue weighted by Gasteiger charge is 2.20. The summed E-state index contributed by atoms with van der Waals surface area (Å²) in [7, 11) is 0. The number of fused-ring (bicyclic) bond motifs is 1. The highest BCUT2D eigenvalue weighted by molar-refractivity contribution is 5.56.